The zero-order chi connectivity index (χ0) is 22.9. The first-order valence-corrected chi connectivity index (χ1v) is 10.4. The van der Waals surface area contributed by atoms with Crippen molar-refractivity contribution < 1.29 is 9.59 Å². The van der Waals surface area contributed by atoms with E-state index in [1.54, 1.807) is 39.7 Å². The average Bonchev–Trinajstić information content (AvgIpc) is 3.45. The first-order valence-electron chi connectivity index (χ1n) is 10.0. The number of aromatic nitrogens is 5. The molecule has 33 heavy (non-hydrogen) atoms. The summed E-state index contributed by atoms with van der Waals surface area (Å²) in [5.74, 6) is -1.36. The van der Waals surface area contributed by atoms with Gasteiger partial charge in [-0.3, -0.25) is 14.3 Å². The van der Waals surface area contributed by atoms with Gasteiger partial charge in [-0.15, -0.1) is 0 Å². The second-order valence-electron chi connectivity index (χ2n) is 7.44. The standard InChI is InChI=1S/C24H17ClN6O2/c1-30-12-18(11-27-30)17-10-21-22(26-14-28-31(21)13-17)15-4-8-20(9-5-15)29-24(33)23(32)16-2-6-19(25)7-3-16/h2-14H,1H3,(H,29,33). The highest BCUT2D eigenvalue weighted by molar-refractivity contribution is 6.46. The summed E-state index contributed by atoms with van der Waals surface area (Å²) in [5.41, 5.74) is 5.17. The van der Waals surface area contributed by atoms with Crippen LogP contribution in [-0.2, 0) is 11.8 Å². The van der Waals surface area contributed by atoms with Crippen molar-refractivity contribution in [1.29, 1.82) is 0 Å². The quantitative estimate of drug-likeness (QED) is 0.315. The van der Waals surface area contributed by atoms with E-state index in [2.05, 4.69) is 20.5 Å². The normalized spacial score (nSPS) is 11.0. The zero-order valence-electron chi connectivity index (χ0n) is 17.4. The van der Waals surface area contributed by atoms with Gasteiger partial charge in [0.2, 0.25) is 0 Å². The van der Waals surface area contributed by atoms with Crippen LogP contribution in [0.4, 0.5) is 5.69 Å². The minimum atomic E-state index is -0.720. The van der Waals surface area contributed by atoms with Gasteiger partial charge in [-0.1, -0.05) is 23.7 Å². The molecule has 0 aliphatic rings. The molecule has 0 saturated heterocycles. The van der Waals surface area contributed by atoms with Gasteiger partial charge in [0, 0.05) is 52.4 Å². The number of halogens is 1. The van der Waals surface area contributed by atoms with E-state index in [-0.39, 0.29) is 5.56 Å². The van der Waals surface area contributed by atoms with Crippen molar-refractivity contribution in [2.75, 3.05) is 5.32 Å². The van der Waals surface area contributed by atoms with E-state index in [0.717, 1.165) is 27.9 Å². The molecule has 0 fully saturated rings. The van der Waals surface area contributed by atoms with E-state index >= 15 is 0 Å². The molecule has 0 aliphatic heterocycles. The fourth-order valence-electron chi connectivity index (χ4n) is 3.51. The van der Waals surface area contributed by atoms with Gasteiger partial charge in [-0.2, -0.15) is 10.2 Å². The highest BCUT2D eigenvalue weighted by Crippen LogP contribution is 2.28. The number of hydrogen-bond acceptors (Lipinski definition) is 5. The molecule has 0 saturated carbocycles. The zero-order valence-corrected chi connectivity index (χ0v) is 18.2. The summed E-state index contributed by atoms with van der Waals surface area (Å²) in [4.78, 5) is 29.1. The van der Waals surface area contributed by atoms with Gasteiger partial charge in [0.15, 0.2) is 0 Å². The largest absolute Gasteiger partial charge is 0.319 e. The van der Waals surface area contributed by atoms with E-state index in [1.807, 2.05) is 37.6 Å². The number of nitrogens with zero attached hydrogens (tertiary/aromatic N) is 5. The molecule has 1 N–H and O–H groups in total. The molecule has 0 unspecified atom stereocenters. The summed E-state index contributed by atoms with van der Waals surface area (Å²) in [7, 11) is 1.87. The molecule has 5 aromatic rings. The topological polar surface area (TPSA) is 94.2 Å². The fourth-order valence-corrected chi connectivity index (χ4v) is 3.64. The predicted molar refractivity (Wildman–Crippen MR) is 125 cm³/mol. The predicted octanol–water partition coefficient (Wildman–Crippen LogP) is 4.27. The third-order valence-corrected chi connectivity index (χ3v) is 5.42. The Balaban J connectivity index is 1.38. The van der Waals surface area contributed by atoms with E-state index in [9.17, 15) is 9.59 Å². The van der Waals surface area contributed by atoms with Gasteiger partial charge < -0.3 is 5.32 Å². The minimum Gasteiger partial charge on any atom is -0.319 e. The molecule has 0 radical (unpaired) electrons. The lowest BCUT2D eigenvalue weighted by Crippen LogP contribution is -2.22. The van der Waals surface area contributed by atoms with Crippen molar-refractivity contribution in [3.63, 3.8) is 0 Å². The number of ketones is 1. The Morgan fingerprint density at radius 1 is 0.909 bits per heavy atom. The Bertz CT molecular complexity index is 1490. The maximum absolute atomic E-state index is 12.3. The van der Waals surface area contributed by atoms with Crippen LogP contribution in [0.2, 0.25) is 5.02 Å². The van der Waals surface area contributed by atoms with E-state index in [0.29, 0.717) is 10.7 Å². The number of rotatable bonds is 5. The van der Waals surface area contributed by atoms with Crippen molar-refractivity contribution in [3.05, 3.63) is 90.1 Å². The van der Waals surface area contributed by atoms with E-state index < -0.39 is 11.7 Å². The van der Waals surface area contributed by atoms with E-state index in [4.69, 9.17) is 11.6 Å². The average molecular weight is 457 g/mol. The Labute approximate surface area is 193 Å². The van der Waals surface area contributed by atoms with Crippen LogP contribution < -0.4 is 5.32 Å². The lowest BCUT2D eigenvalue weighted by atomic mass is 10.1. The molecule has 3 aromatic heterocycles. The molecule has 3 heterocycles. The number of anilines is 1. The smallest absolute Gasteiger partial charge is 0.296 e. The molecule has 0 atom stereocenters. The monoisotopic (exact) mass is 456 g/mol. The summed E-state index contributed by atoms with van der Waals surface area (Å²) in [6.07, 6.45) is 7.15. The summed E-state index contributed by atoms with van der Waals surface area (Å²) >= 11 is 5.83. The summed E-state index contributed by atoms with van der Waals surface area (Å²) in [6, 6.07) is 15.3. The first kappa shape index (κ1) is 20.6. The highest BCUT2D eigenvalue weighted by atomic mass is 35.5. The Hall–Kier alpha value is -4.30. The van der Waals surface area contributed by atoms with Crippen LogP contribution >= 0.6 is 11.6 Å². The summed E-state index contributed by atoms with van der Waals surface area (Å²) < 4.78 is 3.51. The van der Waals surface area contributed by atoms with Gasteiger partial charge in [-0.25, -0.2) is 9.50 Å². The molecule has 0 aliphatic carbocycles. The van der Waals surface area contributed by atoms with Crippen LogP contribution in [0.3, 0.4) is 0 Å². The molecule has 8 nitrogen and oxygen atoms in total. The summed E-state index contributed by atoms with van der Waals surface area (Å²) in [5, 5.41) is 11.7. The number of aryl methyl sites for hydroxylation is 1. The number of nitrogens with one attached hydrogen (secondary N) is 1. The van der Waals surface area contributed by atoms with Crippen molar-refractivity contribution in [1.82, 2.24) is 24.4 Å². The number of Topliss-reactive ketones (excluding diaryl/α,β-unsaturated/α-hetero) is 1. The van der Waals surface area contributed by atoms with Crippen molar-refractivity contribution in [2.24, 2.45) is 7.05 Å². The van der Waals surface area contributed by atoms with Crippen molar-refractivity contribution >= 4 is 34.5 Å². The highest BCUT2D eigenvalue weighted by Gasteiger charge is 2.17. The van der Waals surface area contributed by atoms with Crippen LogP contribution in [0.5, 0.6) is 0 Å². The molecule has 5 rings (SSSR count). The van der Waals surface area contributed by atoms with Crippen LogP contribution in [0.1, 0.15) is 10.4 Å². The maximum atomic E-state index is 12.3. The van der Waals surface area contributed by atoms with Crippen LogP contribution in [0.25, 0.3) is 27.9 Å². The summed E-state index contributed by atoms with van der Waals surface area (Å²) in [6.45, 7) is 0. The van der Waals surface area contributed by atoms with Crippen molar-refractivity contribution in [2.45, 2.75) is 0 Å². The van der Waals surface area contributed by atoms with Crippen molar-refractivity contribution in [3.8, 4) is 22.4 Å². The molecule has 0 bridgehead atoms. The third-order valence-electron chi connectivity index (χ3n) is 5.17. The molecule has 1 amide bonds. The number of hydrogen-bond donors (Lipinski definition) is 1. The lowest BCUT2D eigenvalue weighted by Gasteiger charge is -2.07. The Kier molecular flexibility index (Phi) is 5.20. The van der Waals surface area contributed by atoms with Gasteiger partial charge in [0.1, 0.15) is 6.33 Å². The lowest BCUT2D eigenvalue weighted by molar-refractivity contribution is -0.112. The van der Waals surface area contributed by atoms with Gasteiger partial charge in [-0.05, 0) is 42.5 Å². The molecular weight excluding hydrogens is 440 g/mol. The molecular formula is C24H17ClN6O2. The Morgan fingerprint density at radius 2 is 1.67 bits per heavy atom. The number of benzene rings is 2. The van der Waals surface area contributed by atoms with Crippen LogP contribution in [-0.4, -0.2) is 36.1 Å². The third kappa shape index (κ3) is 4.11. The number of carbonyl (C=O) groups excluding carboxylic acids is 2. The number of carbonyl (C=O) groups is 2. The molecule has 2 aromatic carbocycles. The SMILES string of the molecule is Cn1cc(-c2cc3c(-c4ccc(NC(=O)C(=O)c5ccc(Cl)cc5)cc4)ncnn3c2)cn1. The number of fused-ring (bicyclic) bond motifs is 1. The fraction of sp³-hybridized carbons (Fsp3) is 0.0417. The molecule has 0 spiro atoms. The van der Waals surface area contributed by atoms with Crippen LogP contribution in [0, 0.1) is 0 Å². The second kappa shape index (κ2) is 8.33. The minimum absolute atomic E-state index is 0.273. The number of amides is 1. The Morgan fingerprint density at radius 3 is 2.36 bits per heavy atom. The van der Waals surface area contributed by atoms with Gasteiger partial charge in [0.05, 0.1) is 17.4 Å². The first-order chi connectivity index (χ1) is 16.0. The van der Waals surface area contributed by atoms with E-state index in [1.165, 1.54) is 18.5 Å². The van der Waals surface area contributed by atoms with Gasteiger partial charge in [0.25, 0.3) is 11.7 Å². The van der Waals surface area contributed by atoms with Gasteiger partial charge >= 0.3 is 0 Å². The molecule has 9 heteroatoms. The van der Waals surface area contributed by atoms with Crippen LogP contribution in [0.15, 0.2) is 79.5 Å². The maximum Gasteiger partial charge on any atom is 0.296 e. The second-order valence-corrected chi connectivity index (χ2v) is 7.87. The molecule has 162 valence electrons.